The summed E-state index contributed by atoms with van der Waals surface area (Å²) in [7, 11) is 1.60. The van der Waals surface area contributed by atoms with Crippen molar-refractivity contribution in [3.63, 3.8) is 0 Å². The van der Waals surface area contributed by atoms with Crippen molar-refractivity contribution in [2.75, 3.05) is 19.0 Å². The Kier molecular flexibility index (Phi) is 6.27. The highest BCUT2D eigenvalue weighted by Crippen LogP contribution is 2.35. The lowest BCUT2D eigenvalue weighted by atomic mass is 9.82. The summed E-state index contributed by atoms with van der Waals surface area (Å²) in [6, 6.07) is 17.0. The first-order valence-corrected chi connectivity index (χ1v) is 10.3. The largest absolute Gasteiger partial charge is 0.497 e. The molecular weight excluding hydrogens is 380 g/mol. The summed E-state index contributed by atoms with van der Waals surface area (Å²) < 4.78 is 10.7. The molecule has 1 saturated carbocycles. The zero-order chi connectivity index (χ0) is 20.8. The molecule has 0 aliphatic heterocycles. The van der Waals surface area contributed by atoms with Crippen molar-refractivity contribution in [2.45, 2.75) is 31.6 Å². The smallest absolute Gasteiger partial charge is 0.319 e. The number of amides is 2. The van der Waals surface area contributed by atoms with Crippen molar-refractivity contribution < 1.29 is 14.1 Å². The third-order valence-corrected chi connectivity index (χ3v) is 5.55. The molecule has 1 fully saturated rings. The first-order valence-electron chi connectivity index (χ1n) is 10.3. The minimum absolute atomic E-state index is 0.199. The van der Waals surface area contributed by atoms with Crippen molar-refractivity contribution in [1.82, 2.24) is 15.5 Å². The fourth-order valence-corrected chi connectivity index (χ4v) is 3.83. The first-order chi connectivity index (χ1) is 14.7. The van der Waals surface area contributed by atoms with E-state index < -0.39 is 0 Å². The molecule has 1 heterocycles. The number of aromatic nitrogens is 2. The summed E-state index contributed by atoms with van der Waals surface area (Å²) in [6.07, 6.45) is 4.01. The summed E-state index contributed by atoms with van der Waals surface area (Å²) in [6.45, 7) is 0.654. The van der Waals surface area contributed by atoms with Gasteiger partial charge in [-0.25, -0.2) is 4.79 Å². The highest BCUT2D eigenvalue weighted by molar-refractivity contribution is 5.89. The Labute approximate surface area is 175 Å². The van der Waals surface area contributed by atoms with Crippen LogP contribution in [-0.4, -0.2) is 29.8 Å². The second kappa shape index (κ2) is 9.43. The van der Waals surface area contributed by atoms with Gasteiger partial charge in [-0.1, -0.05) is 41.6 Å². The van der Waals surface area contributed by atoms with Gasteiger partial charge in [0.2, 0.25) is 11.7 Å². The Hall–Kier alpha value is -3.35. The maximum absolute atomic E-state index is 12.2. The Morgan fingerprint density at radius 2 is 1.90 bits per heavy atom. The molecule has 7 heteroatoms. The van der Waals surface area contributed by atoms with Crippen LogP contribution in [0.5, 0.6) is 5.75 Å². The first kappa shape index (κ1) is 19.9. The molecule has 0 radical (unpaired) electrons. The van der Waals surface area contributed by atoms with Crippen LogP contribution in [0.3, 0.4) is 0 Å². The van der Waals surface area contributed by atoms with E-state index in [1.165, 1.54) is 0 Å². The molecule has 1 aliphatic rings. The molecular formula is C23H26N4O3. The molecule has 0 bridgehead atoms. The number of methoxy groups -OCH3 is 1. The number of ether oxygens (including phenoxy) is 1. The van der Waals surface area contributed by atoms with E-state index in [2.05, 4.69) is 20.8 Å². The number of hydrogen-bond acceptors (Lipinski definition) is 5. The number of benzene rings is 2. The van der Waals surface area contributed by atoms with Gasteiger partial charge in [0.05, 0.1) is 7.11 Å². The number of hydrogen-bond donors (Lipinski definition) is 2. The summed E-state index contributed by atoms with van der Waals surface area (Å²) in [5.74, 6) is 2.81. The lowest BCUT2D eigenvalue weighted by molar-refractivity contribution is 0.241. The second-order valence-electron chi connectivity index (χ2n) is 7.61. The number of anilines is 1. The highest BCUT2D eigenvalue weighted by Gasteiger charge is 2.27. The van der Waals surface area contributed by atoms with Gasteiger partial charge in [0.25, 0.3) is 0 Å². The molecule has 0 atom stereocenters. The molecule has 156 valence electrons. The van der Waals surface area contributed by atoms with Crippen LogP contribution in [0, 0.1) is 5.92 Å². The van der Waals surface area contributed by atoms with Gasteiger partial charge in [0.15, 0.2) is 0 Å². The molecule has 3 aromatic rings. The van der Waals surface area contributed by atoms with Crippen molar-refractivity contribution in [3.8, 4) is 17.1 Å². The van der Waals surface area contributed by atoms with Crippen molar-refractivity contribution in [3.05, 3.63) is 60.5 Å². The van der Waals surface area contributed by atoms with Gasteiger partial charge in [-0.15, -0.1) is 0 Å². The van der Waals surface area contributed by atoms with Crippen LogP contribution < -0.4 is 15.4 Å². The predicted octanol–water partition coefficient (Wildman–Crippen LogP) is 4.84. The van der Waals surface area contributed by atoms with E-state index >= 15 is 0 Å². The Morgan fingerprint density at radius 1 is 1.10 bits per heavy atom. The van der Waals surface area contributed by atoms with Crippen LogP contribution in [0.4, 0.5) is 10.5 Å². The van der Waals surface area contributed by atoms with E-state index in [4.69, 9.17) is 9.26 Å². The second-order valence-corrected chi connectivity index (χ2v) is 7.61. The van der Waals surface area contributed by atoms with Crippen LogP contribution in [0.2, 0.25) is 0 Å². The molecule has 2 aromatic carbocycles. The fraction of sp³-hybridized carbons (Fsp3) is 0.348. The normalized spacial score (nSPS) is 18.6. The van der Waals surface area contributed by atoms with Crippen LogP contribution >= 0.6 is 0 Å². The summed E-state index contributed by atoms with van der Waals surface area (Å²) >= 11 is 0. The molecule has 4 rings (SSSR count). The number of nitrogens with zero attached hydrogens (tertiary/aromatic N) is 2. The minimum Gasteiger partial charge on any atom is -0.497 e. The predicted molar refractivity (Wildman–Crippen MR) is 114 cm³/mol. The average Bonchev–Trinajstić information content (AvgIpc) is 3.29. The maximum atomic E-state index is 12.2. The number of nitrogens with one attached hydrogen (secondary N) is 2. The zero-order valence-corrected chi connectivity index (χ0v) is 17.0. The van der Waals surface area contributed by atoms with Gasteiger partial charge >= 0.3 is 6.03 Å². The van der Waals surface area contributed by atoms with Crippen LogP contribution in [-0.2, 0) is 0 Å². The third-order valence-electron chi connectivity index (χ3n) is 5.55. The SMILES string of the molecule is COc1cccc(NC(=O)NCC2CCC(c3nc(-c4ccccc4)no3)CC2)c1. The molecule has 0 unspecified atom stereocenters. The number of carbonyl (C=O) groups excluding carboxylic acids is 1. The minimum atomic E-state index is -0.199. The van der Waals surface area contributed by atoms with Crippen molar-refractivity contribution in [1.29, 1.82) is 0 Å². The Balaban J connectivity index is 1.23. The third kappa shape index (κ3) is 4.97. The zero-order valence-electron chi connectivity index (χ0n) is 17.0. The average molecular weight is 406 g/mol. The van der Waals surface area contributed by atoms with E-state index in [1.54, 1.807) is 13.2 Å². The lowest BCUT2D eigenvalue weighted by Gasteiger charge is -2.26. The van der Waals surface area contributed by atoms with Gasteiger partial charge in [0, 0.05) is 29.8 Å². The Morgan fingerprint density at radius 3 is 2.67 bits per heavy atom. The Bertz CT molecular complexity index is 965. The van der Waals surface area contributed by atoms with Gasteiger partial charge in [-0.2, -0.15) is 4.98 Å². The van der Waals surface area contributed by atoms with Gasteiger partial charge in [-0.3, -0.25) is 0 Å². The molecule has 30 heavy (non-hydrogen) atoms. The van der Waals surface area contributed by atoms with E-state index in [0.29, 0.717) is 29.7 Å². The van der Waals surface area contributed by atoms with Crippen molar-refractivity contribution >= 4 is 11.7 Å². The number of urea groups is 1. The van der Waals surface area contributed by atoms with E-state index in [1.807, 2.05) is 48.5 Å². The van der Waals surface area contributed by atoms with Crippen LogP contribution in [0.25, 0.3) is 11.4 Å². The number of carbonyl (C=O) groups is 1. The molecule has 2 amide bonds. The summed E-state index contributed by atoms with van der Waals surface area (Å²) in [5.41, 5.74) is 1.67. The van der Waals surface area contributed by atoms with Gasteiger partial charge in [0.1, 0.15) is 5.75 Å². The van der Waals surface area contributed by atoms with Crippen LogP contribution in [0.15, 0.2) is 59.1 Å². The monoisotopic (exact) mass is 406 g/mol. The van der Waals surface area contributed by atoms with Gasteiger partial charge < -0.3 is 19.9 Å². The van der Waals surface area contributed by atoms with Gasteiger partial charge in [-0.05, 0) is 43.7 Å². The lowest BCUT2D eigenvalue weighted by Crippen LogP contribution is -2.34. The maximum Gasteiger partial charge on any atom is 0.319 e. The van der Waals surface area contributed by atoms with Crippen molar-refractivity contribution in [2.24, 2.45) is 5.92 Å². The molecule has 2 N–H and O–H groups in total. The van der Waals surface area contributed by atoms with E-state index in [0.717, 1.165) is 37.1 Å². The molecule has 1 aromatic heterocycles. The summed E-state index contributed by atoms with van der Waals surface area (Å²) in [4.78, 5) is 16.8. The van der Waals surface area contributed by atoms with Crippen LogP contribution in [0.1, 0.15) is 37.5 Å². The highest BCUT2D eigenvalue weighted by atomic mass is 16.5. The number of rotatable bonds is 6. The fourth-order valence-electron chi connectivity index (χ4n) is 3.83. The topological polar surface area (TPSA) is 89.3 Å². The van der Waals surface area contributed by atoms with E-state index in [-0.39, 0.29) is 11.9 Å². The molecule has 7 nitrogen and oxygen atoms in total. The summed E-state index contributed by atoms with van der Waals surface area (Å²) in [5, 5.41) is 9.95. The van der Waals surface area contributed by atoms with E-state index in [9.17, 15) is 4.79 Å². The molecule has 0 saturated heterocycles. The molecule has 1 aliphatic carbocycles. The standard InChI is InChI=1S/C23H26N4O3/c1-29-20-9-5-8-19(14-20)25-23(28)24-15-16-10-12-18(13-11-16)22-26-21(27-30-22)17-6-3-2-4-7-17/h2-9,14,16,18H,10-13,15H2,1H3,(H2,24,25,28). The quantitative estimate of drug-likeness (QED) is 0.611. The molecule has 0 spiro atoms.